The highest BCUT2D eigenvalue weighted by Gasteiger charge is 2.43. The molecule has 1 aliphatic carbocycles. The fourth-order valence-electron chi connectivity index (χ4n) is 4.27. The predicted octanol–water partition coefficient (Wildman–Crippen LogP) is 4.00. The van der Waals surface area contributed by atoms with Crippen molar-refractivity contribution in [2.75, 3.05) is 0 Å². The van der Waals surface area contributed by atoms with E-state index in [2.05, 4.69) is 11.4 Å². The molecule has 5 nitrogen and oxygen atoms in total. The quantitative estimate of drug-likeness (QED) is 0.766. The number of hydrogen-bond acceptors (Lipinski definition) is 4. The van der Waals surface area contributed by atoms with E-state index in [9.17, 15) is 14.4 Å². The lowest BCUT2D eigenvalue weighted by Gasteiger charge is -2.17. The molecule has 0 spiro atoms. The molecular weight excluding hydrogens is 376 g/mol. The van der Waals surface area contributed by atoms with Crippen LogP contribution in [-0.4, -0.2) is 23.5 Å². The summed E-state index contributed by atoms with van der Waals surface area (Å²) in [6.45, 7) is 7.55. The summed E-state index contributed by atoms with van der Waals surface area (Å²) in [4.78, 5) is 37.9. The van der Waals surface area contributed by atoms with Gasteiger partial charge in [0.15, 0.2) is 5.78 Å². The van der Waals surface area contributed by atoms with Crippen LogP contribution < -0.4 is 5.32 Å². The first-order chi connectivity index (χ1) is 14.2. The maximum atomic E-state index is 13.0. The van der Waals surface area contributed by atoms with Gasteiger partial charge in [-0.1, -0.05) is 24.3 Å². The van der Waals surface area contributed by atoms with E-state index in [4.69, 9.17) is 5.26 Å². The molecular formula is C25H26N2O3. The number of amides is 1. The topological polar surface area (TPSA) is 87.0 Å². The van der Waals surface area contributed by atoms with Gasteiger partial charge >= 0.3 is 0 Å². The van der Waals surface area contributed by atoms with Crippen molar-refractivity contribution in [2.45, 2.75) is 52.5 Å². The summed E-state index contributed by atoms with van der Waals surface area (Å²) in [6, 6.07) is 13.4. The highest BCUT2D eigenvalue weighted by Crippen LogP contribution is 2.38. The van der Waals surface area contributed by atoms with Crippen LogP contribution in [0.1, 0.15) is 54.9 Å². The van der Waals surface area contributed by atoms with Crippen molar-refractivity contribution in [2.24, 2.45) is 5.92 Å². The molecule has 1 amide bonds. The minimum atomic E-state index is -0.795. The van der Waals surface area contributed by atoms with Crippen molar-refractivity contribution in [1.29, 1.82) is 5.26 Å². The Kier molecular flexibility index (Phi) is 6.17. The number of carbonyl (C=O) groups excluding carboxylic acids is 3. The number of aryl methyl sites for hydroxylation is 2. The van der Waals surface area contributed by atoms with Gasteiger partial charge in [-0.25, -0.2) is 0 Å². The number of rotatable bonds is 5. The minimum absolute atomic E-state index is 0.000220. The third kappa shape index (κ3) is 4.33. The van der Waals surface area contributed by atoms with E-state index < -0.39 is 11.8 Å². The van der Waals surface area contributed by atoms with Gasteiger partial charge < -0.3 is 5.32 Å². The Labute approximate surface area is 177 Å². The molecule has 0 radical (unpaired) electrons. The van der Waals surface area contributed by atoms with E-state index in [0.717, 1.165) is 27.8 Å². The Morgan fingerprint density at radius 3 is 2.23 bits per heavy atom. The van der Waals surface area contributed by atoms with Gasteiger partial charge in [0.1, 0.15) is 11.7 Å². The second-order valence-electron chi connectivity index (χ2n) is 8.34. The van der Waals surface area contributed by atoms with Crippen LogP contribution in [0.15, 0.2) is 36.4 Å². The number of carbonyl (C=O) groups is 3. The van der Waals surface area contributed by atoms with Gasteiger partial charge in [-0.2, -0.15) is 5.26 Å². The maximum absolute atomic E-state index is 13.0. The van der Waals surface area contributed by atoms with E-state index in [0.29, 0.717) is 5.56 Å². The first-order valence-corrected chi connectivity index (χ1v) is 10.2. The second-order valence-corrected chi connectivity index (χ2v) is 8.34. The summed E-state index contributed by atoms with van der Waals surface area (Å²) in [5.74, 6) is -1.81. The highest BCUT2D eigenvalue weighted by atomic mass is 16.2. The van der Waals surface area contributed by atoms with Crippen LogP contribution in [0.2, 0.25) is 0 Å². The molecule has 0 aliphatic heterocycles. The van der Waals surface area contributed by atoms with Crippen molar-refractivity contribution < 1.29 is 14.4 Å². The zero-order valence-corrected chi connectivity index (χ0v) is 17.8. The number of hydrogen-bond donors (Lipinski definition) is 1. The number of Topliss-reactive ketones (excluding diaryl/α,β-unsaturated/α-hetero) is 2. The lowest BCUT2D eigenvalue weighted by atomic mass is 9.85. The largest absolute Gasteiger partial charge is 0.354 e. The Bertz CT molecular complexity index is 1020. The van der Waals surface area contributed by atoms with Crippen LogP contribution >= 0.6 is 0 Å². The molecule has 2 unspecified atom stereocenters. The summed E-state index contributed by atoms with van der Waals surface area (Å²) >= 11 is 0. The summed E-state index contributed by atoms with van der Waals surface area (Å²) in [5, 5.41) is 11.8. The van der Waals surface area contributed by atoms with Crippen LogP contribution in [0, 0.1) is 31.1 Å². The third-order valence-electron chi connectivity index (χ3n) is 5.57. The summed E-state index contributed by atoms with van der Waals surface area (Å²) in [7, 11) is 0. The number of nitriles is 1. The smallest absolute Gasteiger partial charge is 0.220 e. The van der Waals surface area contributed by atoms with Crippen LogP contribution in [0.4, 0.5) is 0 Å². The second kappa shape index (κ2) is 8.62. The summed E-state index contributed by atoms with van der Waals surface area (Å²) < 4.78 is 0. The van der Waals surface area contributed by atoms with Crippen LogP contribution in [0.25, 0.3) is 11.1 Å². The summed E-state index contributed by atoms with van der Waals surface area (Å²) in [5.41, 5.74) is 5.07. The van der Waals surface area contributed by atoms with Gasteiger partial charge in [0, 0.05) is 24.8 Å². The molecule has 2 atom stereocenters. The van der Waals surface area contributed by atoms with Crippen LogP contribution in [0.3, 0.4) is 0 Å². The minimum Gasteiger partial charge on any atom is -0.354 e. The SMILES string of the molecule is Cc1cc(-c2ccc(C#N)cc2)cc(C)c1C1C(=O)CC(CC(=O)NC(C)C)C1=O. The van der Waals surface area contributed by atoms with Gasteiger partial charge in [-0.15, -0.1) is 0 Å². The predicted molar refractivity (Wildman–Crippen MR) is 115 cm³/mol. The first kappa shape index (κ1) is 21.4. The molecule has 2 aromatic carbocycles. The van der Waals surface area contributed by atoms with Gasteiger partial charge in [-0.05, 0) is 67.6 Å². The molecule has 0 heterocycles. The average Bonchev–Trinajstić information content (AvgIpc) is 2.94. The van der Waals surface area contributed by atoms with E-state index in [1.54, 1.807) is 12.1 Å². The van der Waals surface area contributed by atoms with E-state index in [1.165, 1.54) is 0 Å². The molecule has 0 saturated heterocycles. The van der Waals surface area contributed by atoms with Crippen LogP contribution in [0.5, 0.6) is 0 Å². The Balaban J connectivity index is 1.88. The number of ketones is 2. The molecule has 5 heteroatoms. The van der Waals surface area contributed by atoms with Gasteiger partial charge in [0.2, 0.25) is 5.91 Å². The summed E-state index contributed by atoms with van der Waals surface area (Å²) in [6.07, 6.45) is 0.173. The van der Waals surface area contributed by atoms with Crippen molar-refractivity contribution >= 4 is 17.5 Å². The fourth-order valence-corrected chi connectivity index (χ4v) is 4.27. The standard InChI is InChI=1S/C25H26N2O3/c1-14(2)27-22(29)12-20-11-21(28)24(25(20)30)23-15(3)9-19(10-16(23)4)18-7-5-17(13-26)6-8-18/h5-10,14,20,24H,11-12H2,1-4H3,(H,27,29). The Morgan fingerprint density at radius 2 is 1.70 bits per heavy atom. The van der Waals surface area contributed by atoms with Crippen molar-refractivity contribution in [3.63, 3.8) is 0 Å². The van der Waals surface area contributed by atoms with Crippen molar-refractivity contribution in [3.05, 3.63) is 58.7 Å². The molecule has 0 bridgehead atoms. The third-order valence-corrected chi connectivity index (χ3v) is 5.57. The lowest BCUT2D eigenvalue weighted by Crippen LogP contribution is -2.32. The van der Waals surface area contributed by atoms with E-state index in [-0.39, 0.29) is 36.4 Å². The number of benzene rings is 2. The zero-order valence-electron chi connectivity index (χ0n) is 17.8. The van der Waals surface area contributed by atoms with E-state index in [1.807, 2.05) is 52.0 Å². The number of nitrogens with zero attached hydrogens (tertiary/aromatic N) is 1. The molecule has 3 rings (SSSR count). The molecule has 1 saturated carbocycles. The first-order valence-electron chi connectivity index (χ1n) is 10.2. The molecule has 154 valence electrons. The zero-order chi connectivity index (χ0) is 22.0. The maximum Gasteiger partial charge on any atom is 0.220 e. The molecule has 0 aromatic heterocycles. The molecule has 1 N–H and O–H groups in total. The fraction of sp³-hybridized carbons (Fsp3) is 0.360. The van der Waals surface area contributed by atoms with Crippen molar-refractivity contribution in [3.8, 4) is 17.2 Å². The molecule has 30 heavy (non-hydrogen) atoms. The van der Waals surface area contributed by atoms with Gasteiger partial charge in [-0.3, -0.25) is 14.4 Å². The molecule has 1 fully saturated rings. The Hall–Kier alpha value is -3.26. The van der Waals surface area contributed by atoms with Crippen LogP contribution in [-0.2, 0) is 14.4 Å². The van der Waals surface area contributed by atoms with Gasteiger partial charge in [0.05, 0.1) is 11.6 Å². The monoisotopic (exact) mass is 402 g/mol. The molecule has 2 aromatic rings. The average molecular weight is 402 g/mol. The van der Waals surface area contributed by atoms with Crippen molar-refractivity contribution in [1.82, 2.24) is 5.32 Å². The number of nitrogens with one attached hydrogen (secondary N) is 1. The normalized spacial score (nSPS) is 18.5. The van der Waals surface area contributed by atoms with Gasteiger partial charge in [0.25, 0.3) is 0 Å². The Morgan fingerprint density at radius 1 is 1.10 bits per heavy atom. The van der Waals surface area contributed by atoms with E-state index >= 15 is 0 Å². The highest BCUT2D eigenvalue weighted by molar-refractivity contribution is 6.15. The lowest BCUT2D eigenvalue weighted by molar-refractivity contribution is -0.128. The molecule has 1 aliphatic rings.